The first-order chi connectivity index (χ1) is 9.26. The molecular formula is C14H18N2O3S. The zero-order valence-electron chi connectivity index (χ0n) is 11.6. The summed E-state index contributed by atoms with van der Waals surface area (Å²) in [5, 5.41) is 19.0. The van der Waals surface area contributed by atoms with Gasteiger partial charge in [-0.3, -0.25) is 0 Å². The number of rotatable bonds is 3. The van der Waals surface area contributed by atoms with Crippen molar-refractivity contribution in [2.45, 2.75) is 43.2 Å². The molecule has 1 aromatic rings. The van der Waals surface area contributed by atoms with E-state index < -0.39 is 21.7 Å². The minimum atomic E-state index is -3.68. The van der Waals surface area contributed by atoms with Crippen LogP contribution in [0.3, 0.4) is 0 Å². The van der Waals surface area contributed by atoms with E-state index in [0.717, 1.165) is 6.42 Å². The molecule has 1 saturated heterocycles. The average Bonchev–Trinajstić information content (AvgIpc) is 2.88. The molecule has 2 rings (SSSR count). The van der Waals surface area contributed by atoms with Gasteiger partial charge in [-0.25, -0.2) is 8.42 Å². The highest BCUT2D eigenvalue weighted by Gasteiger charge is 2.42. The molecule has 1 aliphatic rings. The molecule has 0 bridgehead atoms. The Labute approximate surface area is 119 Å². The average molecular weight is 294 g/mol. The molecule has 1 N–H and O–H groups in total. The van der Waals surface area contributed by atoms with Crippen molar-refractivity contribution in [3.63, 3.8) is 0 Å². The van der Waals surface area contributed by atoms with E-state index >= 15 is 0 Å². The van der Waals surface area contributed by atoms with E-state index in [2.05, 4.69) is 0 Å². The minimum absolute atomic E-state index is 0.104. The summed E-state index contributed by atoms with van der Waals surface area (Å²) in [5.74, 6) is 0. The molecule has 5 nitrogen and oxygen atoms in total. The number of benzene rings is 1. The molecule has 1 heterocycles. The van der Waals surface area contributed by atoms with Gasteiger partial charge in [-0.15, -0.1) is 0 Å². The number of sulfonamides is 1. The lowest BCUT2D eigenvalue weighted by molar-refractivity contribution is 0.0215. The lowest BCUT2D eigenvalue weighted by atomic mass is 9.98. The molecule has 0 amide bonds. The predicted molar refractivity (Wildman–Crippen MR) is 74.4 cm³/mol. The van der Waals surface area contributed by atoms with Gasteiger partial charge in [-0.2, -0.15) is 9.57 Å². The molecule has 0 radical (unpaired) electrons. The van der Waals surface area contributed by atoms with Crippen molar-refractivity contribution >= 4 is 10.0 Å². The van der Waals surface area contributed by atoms with Crippen LogP contribution in [0.2, 0.25) is 0 Å². The van der Waals surface area contributed by atoms with Crippen LogP contribution in [0.4, 0.5) is 0 Å². The van der Waals surface area contributed by atoms with Gasteiger partial charge >= 0.3 is 0 Å². The maximum atomic E-state index is 12.7. The molecule has 108 valence electrons. The largest absolute Gasteiger partial charge is 0.389 e. The quantitative estimate of drug-likeness (QED) is 0.915. The molecule has 0 spiro atoms. The molecule has 1 aromatic carbocycles. The summed E-state index contributed by atoms with van der Waals surface area (Å²) in [6.45, 7) is 3.64. The molecule has 0 aromatic heterocycles. The third-order valence-corrected chi connectivity index (χ3v) is 5.49. The number of nitrogens with zero attached hydrogens (tertiary/aromatic N) is 2. The Morgan fingerprint density at radius 2 is 2.15 bits per heavy atom. The fraction of sp³-hybridized carbons (Fsp3) is 0.500. The van der Waals surface area contributed by atoms with Gasteiger partial charge in [0.2, 0.25) is 10.0 Å². The van der Waals surface area contributed by atoms with Gasteiger partial charge in [0, 0.05) is 6.54 Å². The van der Waals surface area contributed by atoms with Crippen LogP contribution in [0.25, 0.3) is 0 Å². The topological polar surface area (TPSA) is 81.4 Å². The third kappa shape index (κ3) is 2.70. The second kappa shape index (κ2) is 5.17. The van der Waals surface area contributed by atoms with E-state index in [1.165, 1.54) is 16.4 Å². The van der Waals surface area contributed by atoms with E-state index in [4.69, 9.17) is 5.26 Å². The Balaban J connectivity index is 2.42. The fourth-order valence-corrected chi connectivity index (χ4v) is 4.46. The molecular weight excluding hydrogens is 276 g/mol. The van der Waals surface area contributed by atoms with Crippen LogP contribution in [0.15, 0.2) is 29.2 Å². The molecule has 6 heteroatoms. The van der Waals surface area contributed by atoms with Crippen molar-refractivity contribution in [3.8, 4) is 6.07 Å². The van der Waals surface area contributed by atoms with Crippen LogP contribution in [-0.4, -0.2) is 36.0 Å². The van der Waals surface area contributed by atoms with Crippen LogP contribution in [0.5, 0.6) is 0 Å². The van der Waals surface area contributed by atoms with Crippen LogP contribution in [0, 0.1) is 11.3 Å². The first-order valence-corrected chi connectivity index (χ1v) is 7.95. The smallest absolute Gasteiger partial charge is 0.243 e. The fourth-order valence-electron chi connectivity index (χ4n) is 2.60. The lowest BCUT2D eigenvalue weighted by Crippen LogP contribution is -2.48. The van der Waals surface area contributed by atoms with Crippen molar-refractivity contribution < 1.29 is 13.5 Å². The van der Waals surface area contributed by atoms with Crippen molar-refractivity contribution in [1.82, 2.24) is 4.31 Å². The zero-order valence-corrected chi connectivity index (χ0v) is 12.4. The Morgan fingerprint density at radius 1 is 1.45 bits per heavy atom. The molecule has 1 aliphatic heterocycles. The zero-order chi connectivity index (χ0) is 15.0. The van der Waals surface area contributed by atoms with Gasteiger partial charge in [0.1, 0.15) is 0 Å². The minimum Gasteiger partial charge on any atom is -0.389 e. The Kier molecular flexibility index (Phi) is 3.87. The van der Waals surface area contributed by atoms with E-state index in [0.29, 0.717) is 18.5 Å². The van der Waals surface area contributed by atoms with E-state index in [1.807, 2.05) is 6.07 Å². The highest BCUT2D eigenvalue weighted by molar-refractivity contribution is 7.89. The Hall–Kier alpha value is -1.42. The van der Waals surface area contributed by atoms with Gasteiger partial charge in [0.05, 0.1) is 28.2 Å². The van der Waals surface area contributed by atoms with Gasteiger partial charge < -0.3 is 5.11 Å². The normalized spacial score (nSPS) is 20.8. The van der Waals surface area contributed by atoms with Gasteiger partial charge in [-0.1, -0.05) is 6.07 Å². The van der Waals surface area contributed by atoms with E-state index in [1.54, 1.807) is 26.0 Å². The van der Waals surface area contributed by atoms with Crippen LogP contribution in [-0.2, 0) is 10.0 Å². The summed E-state index contributed by atoms with van der Waals surface area (Å²) in [4.78, 5) is 0.104. The number of aliphatic hydroxyl groups is 1. The Bertz CT molecular complexity index is 641. The molecule has 20 heavy (non-hydrogen) atoms. The van der Waals surface area contributed by atoms with Crippen molar-refractivity contribution in [3.05, 3.63) is 29.8 Å². The van der Waals surface area contributed by atoms with E-state index in [9.17, 15) is 13.5 Å². The highest BCUT2D eigenvalue weighted by atomic mass is 32.2. The highest BCUT2D eigenvalue weighted by Crippen LogP contribution is 2.32. The van der Waals surface area contributed by atoms with Crippen molar-refractivity contribution in [2.75, 3.05) is 6.54 Å². The molecule has 1 unspecified atom stereocenters. The second-order valence-electron chi connectivity index (χ2n) is 5.57. The molecule has 0 saturated carbocycles. The molecule has 0 aliphatic carbocycles. The van der Waals surface area contributed by atoms with Gasteiger partial charge in [0.25, 0.3) is 0 Å². The lowest BCUT2D eigenvalue weighted by Gasteiger charge is -2.33. The number of hydrogen-bond donors (Lipinski definition) is 1. The number of nitriles is 1. The second-order valence-corrected chi connectivity index (χ2v) is 7.46. The maximum absolute atomic E-state index is 12.7. The SMILES string of the molecule is CC(C)(O)C1CCCN1S(=O)(=O)c1cccc(C#N)c1. The first kappa shape index (κ1) is 15.0. The molecule has 1 atom stereocenters. The standard InChI is InChI=1S/C14H18N2O3S/c1-14(2,17)13-7-4-8-16(13)20(18,19)12-6-3-5-11(9-12)10-15/h3,5-6,9,13,17H,4,7-8H2,1-2H3. The monoisotopic (exact) mass is 294 g/mol. The summed E-state index contributed by atoms with van der Waals surface area (Å²) in [6.07, 6.45) is 1.37. The van der Waals surface area contributed by atoms with Gasteiger partial charge in [-0.05, 0) is 44.9 Å². The predicted octanol–water partition coefficient (Wildman–Crippen LogP) is 1.48. The van der Waals surface area contributed by atoms with Crippen LogP contribution < -0.4 is 0 Å². The first-order valence-electron chi connectivity index (χ1n) is 6.51. The summed E-state index contributed by atoms with van der Waals surface area (Å²) in [5.41, 5.74) is -0.777. The van der Waals surface area contributed by atoms with Crippen LogP contribution in [0.1, 0.15) is 32.3 Å². The number of hydrogen-bond acceptors (Lipinski definition) is 4. The van der Waals surface area contributed by atoms with Crippen molar-refractivity contribution in [2.24, 2.45) is 0 Å². The maximum Gasteiger partial charge on any atom is 0.243 e. The molecule has 1 fully saturated rings. The summed E-state index contributed by atoms with van der Waals surface area (Å²) >= 11 is 0. The summed E-state index contributed by atoms with van der Waals surface area (Å²) in [7, 11) is -3.68. The van der Waals surface area contributed by atoms with Crippen molar-refractivity contribution in [1.29, 1.82) is 5.26 Å². The third-order valence-electron chi connectivity index (χ3n) is 3.59. The van der Waals surface area contributed by atoms with E-state index in [-0.39, 0.29) is 4.90 Å². The Morgan fingerprint density at radius 3 is 2.75 bits per heavy atom. The van der Waals surface area contributed by atoms with Crippen LogP contribution >= 0.6 is 0 Å². The summed E-state index contributed by atoms with van der Waals surface area (Å²) in [6, 6.07) is 7.48. The van der Waals surface area contributed by atoms with Gasteiger partial charge in [0.15, 0.2) is 0 Å². The summed E-state index contributed by atoms with van der Waals surface area (Å²) < 4.78 is 26.7.